The molecule has 1 atom stereocenters. The molecular formula is C17H27N3OS. The number of aryl methyl sites for hydroxylation is 1. The molecule has 0 unspecified atom stereocenters. The number of rotatable bonds is 3. The van der Waals surface area contributed by atoms with Crippen LogP contribution >= 0.6 is 11.8 Å². The fourth-order valence-electron chi connectivity index (χ4n) is 3.60. The average Bonchev–Trinajstić information content (AvgIpc) is 2.67. The maximum atomic E-state index is 12.2. The molecule has 122 valence electrons. The van der Waals surface area contributed by atoms with Crippen molar-refractivity contribution in [3.8, 4) is 0 Å². The van der Waals surface area contributed by atoms with Crippen molar-refractivity contribution in [1.82, 2.24) is 14.9 Å². The summed E-state index contributed by atoms with van der Waals surface area (Å²) in [5, 5.41) is 4.12. The second-order valence-corrected chi connectivity index (χ2v) is 7.79. The van der Waals surface area contributed by atoms with Crippen molar-refractivity contribution in [3.05, 3.63) is 11.4 Å². The fraction of sp³-hybridized carbons (Fsp3) is 0.765. The molecule has 1 aromatic rings. The van der Waals surface area contributed by atoms with Gasteiger partial charge in [-0.05, 0) is 39.5 Å². The highest BCUT2D eigenvalue weighted by atomic mass is 32.2. The summed E-state index contributed by atoms with van der Waals surface area (Å²) in [4.78, 5) is 17.0. The van der Waals surface area contributed by atoms with Crippen LogP contribution in [-0.2, 0) is 4.79 Å². The number of imidazole rings is 1. The van der Waals surface area contributed by atoms with Crippen LogP contribution in [0.25, 0.3) is 0 Å². The molecule has 1 amide bonds. The first kappa shape index (κ1) is 15.9. The number of carbonyl (C=O) groups excluding carboxylic acids is 1. The molecule has 1 saturated carbocycles. The maximum Gasteiger partial charge on any atom is 0.233 e. The lowest BCUT2D eigenvalue weighted by Gasteiger charge is -2.26. The number of nitrogens with one attached hydrogen (secondary N) is 1. The Morgan fingerprint density at radius 1 is 1.09 bits per heavy atom. The second kappa shape index (κ2) is 7.07. The van der Waals surface area contributed by atoms with Crippen molar-refractivity contribution in [2.24, 2.45) is 0 Å². The zero-order valence-corrected chi connectivity index (χ0v) is 14.5. The molecule has 3 rings (SSSR count). The first-order chi connectivity index (χ1) is 10.7. The first-order valence-electron chi connectivity index (χ1n) is 8.66. The number of thioether (sulfide) groups is 1. The summed E-state index contributed by atoms with van der Waals surface area (Å²) < 4.78 is 2.43. The van der Waals surface area contributed by atoms with Crippen LogP contribution in [0.3, 0.4) is 0 Å². The molecule has 1 aliphatic carbocycles. The van der Waals surface area contributed by atoms with E-state index in [1.807, 2.05) is 0 Å². The van der Waals surface area contributed by atoms with E-state index in [9.17, 15) is 4.79 Å². The maximum absolute atomic E-state index is 12.2. The van der Waals surface area contributed by atoms with E-state index in [0.717, 1.165) is 36.7 Å². The second-order valence-electron chi connectivity index (χ2n) is 6.62. The van der Waals surface area contributed by atoms with Gasteiger partial charge in [-0.15, -0.1) is 0 Å². The van der Waals surface area contributed by atoms with E-state index >= 15 is 0 Å². The van der Waals surface area contributed by atoms with Gasteiger partial charge in [0.15, 0.2) is 5.16 Å². The third-order valence-electron chi connectivity index (χ3n) is 5.03. The van der Waals surface area contributed by atoms with E-state index in [1.165, 1.54) is 37.8 Å². The normalized spacial score (nSPS) is 24.1. The average molecular weight is 321 g/mol. The van der Waals surface area contributed by atoms with E-state index in [4.69, 9.17) is 4.98 Å². The van der Waals surface area contributed by atoms with Crippen LogP contribution in [0, 0.1) is 13.8 Å². The number of amides is 1. The van der Waals surface area contributed by atoms with E-state index in [1.54, 1.807) is 11.8 Å². The molecule has 0 bridgehead atoms. The summed E-state index contributed by atoms with van der Waals surface area (Å²) in [7, 11) is 0. The Labute approximate surface area is 137 Å². The predicted molar refractivity (Wildman–Crippen MR) is 90.3 cm³/mol. The Morgan fingerprint density at radius 2 is 1.82 bits per heavy atom. The zero-order chi connectivity index (χ0) is 15.5. The molecule has 4 nitrogen and oxygen atoms in total. The summed E-state index contributed by atoms with van der Waals surface area (Å²) in [6.45, 7) is 5.09. The first-order valence-corrected chi connectivity index (χ1v) is 9.54. The minimum absolute atomic E-state index is 0.0195. The fourth-order valence-corrected chi connectivity index (χ4v) is 4.92. The topological polar surface area (TPSA) is 46.9 Å². The molecule has 1 aliphatic heterocycles. The molecule has 5 heteroatoms. The van der Waals surface area contributed by atoms with E-state index < -0.39 is 0 Å². The Kier molecular flexibility index (Phi) is 5.11. The van der Waals surface area contributed by atoms with Crippen LogP contribution in [0.2, 0.25) is 0 Å². The van der Waals surface area contributed by atoms with Crippen molar-refractivity contribution < 1.29 is 4.79 Å². The summed E-state index contributed by atoms with van der Waals surface area (Å²) >= 11 is 1.68. The SMILES string of the molecule is Cc1nc(S[C@@H]2CCCCNC2=O)n(C2CCCCC2)c1C. The van der Waals surface area contributed by atoms with Crippen molar-refractivity contribution in [2.45, 2.75) is 81.7 Å². The summed E-state index contributed by atoms with van der Waals surface area (Å²) in [5.74, 6) is 0.191. The van der Waals surface area contributed by atoms with Gasteiger partial charge in [0.2, 0.25) is 5.91 Å². The monoisotopic (exact) mass is 321 g/mol. The Bertz CT molecular complexity index is 534. The van der Waals surface area contributed by atoms with Crippen LogP contribution in [0.15, 0.2) is 5.16 Å². The van der Waals surface area contributed by atoms with Crippen molar-refractivity contribution in [1.29, 1.82) is 0 Å². The van der Waals surface area contributed by atoms with Crippen LogP contribution in [0.1, 0.15) is 68.8 Å². The highest BCUT2D eigenvalue weighted by molar-refractivity contribution is 8.00. The van der Waals surface area contributed by atoms with Gasteiger partial charge in [0.25, 0.3) is 0 Å². The third-order valence-corrected chi connectivity index (χ3v) is 6.26. The highest BCUT2D eigenvalue weighted by Crippen LogP contribution is 2.36. The number of hydrogen-bond donors (Lipinski definition) is 1. The summed E-state index contributed by atoms with van der Waals surface area (Å²) in [6.07, 6.45) is 9.67. The van der Waals surface area contributed by atoms with Gasteiger partial charge in [0.05, 0.1) is 10.9 Å². The van der Waals surface area contributed by atoms with Gasteiger partial charge in [-0.3, -0.25) is 4.79 Å². The molecule has 0 spiro atoms. The van der Waals surface area contributed by atoms with Crippen molar-refractivity contribution in [3.63, 3.8) is 0 Å². The number of nitrogens with zero attached hydrogens (tertiary/aromatic N) is 2. The number of hydrogen-bond acceptors (Lipinski definition) is 3. The van der Waals surface area contributed by atoms with Gasteiger partial charge >= 0.3 is 0 Å². The molecule has 2 fully saturated rings. The van der Waals surface area contributed by atoms with E-state index in [0.29, 0.717) is 6.04 Å². The largest absolute Gasteiger partial charge is 0.355 e. The van der Waals surface area contributed by atoms with Gasteiger partial charge in [0.1, 0.15) is 0 Å². The van der Waals surface area contributed by atoms with Gasteiger partial charge in [-0.25, -0.2) is 4.98 Å². The van der Waals surface area contributed by atoms with Crippen LogP contribution in [0.4, 0.5) is 0 Å². The Balaban J connectivity index is 1.83. The Hall–Kier alpha value is -0.970. The predicted octanol–water partition coefficient (Wildman–Crippen LogP) is 3.77. The minimum Gasteiger partial charge on any atom is -0.355 e. The lowest BCUT2D eigenvalue weighted by molar-refractivity contribution is -0.120. The smallest absolute Gasteiger partial charge is 0.233 e. The summed E-state index contributed by atoms with van der Waals surface area (Å²) in [6, 6.07) is 0.575. The van der Waals surface area contributed by atoms with Gasteiger partial charge in [-0.2, -0.15) is 0 Å². The molecule has 2 heterocycles. The molecule has 0 radical (unpaired) electrons. The Morgan fingerprint density at radius 3 is 2.59 bits per heavy atom. The van der Waals surface area contributed by atoms with E-state index in [-0.39, 0.29) is 11.2 Å². The van der Waals surface area contributed by atoms with Crippen LogP contribution in [-0.4, -0.2) is 27.3 Å². The molecule has 1 N–H and O–H groups in total. The number of aromatic nitrogens is 2. The quantitative estimate of drug-likeness (QED) is 0.922. The zero-order valence-electron chi connectivity index (χ0n) is 13.7. The van der Waals surface area contributed by atoms with Gasteiger partial charge in [0, 0.05) is 18.3 Å². The molecule has 2 aliphatic rings. The lowest BCUT2D eigenvalue weighted by atomic mass is 9.95. The van der Waals surface area contributed by atoms with Gasteiger partial charge in [-0.1, -0.05) is 37.4 Å². The standard InChI is InChI=1S/C17H27N3OS/c1-12-13(2)20(14-8-4-3-5-9-14)17(19-12)22-15-10-6-7-11-18-16(15)21/h14-15H,3-11H2,1-2H3,(H,18,21)/t15-/m1/s1. The number of carbonyl (C=O) groups is 1. The van der Waals surface area contributed by atoms with Crippen LogP contribution < -0.4 is 5.32 Å². The molecule has 1 saturated heterocycles. The van der Waals surface area contributed by atoms with Crippen molar-refractivity contribution >= 4 is 17.7 Å². The molecular weight excluding hydrogens is 294 g/mol. The third kappa shape index (κ3) is 3.34. The summed E-state index contributed by atoms with van der Waals surface area (Å²) in [5.41, 5.74) is 2.39. The molecule has 1 aromatic heterocycles. The van der Waals surface area contributed by atoms with E-state index in [2.05, 4.69) is 23.7 Å². The van der Waals surface area contributed by atoms with Crippen molar-refractivity contribution in [2.75, 3.05) is 6.54 Å². The molecule has 22 heavy (non-hydrogen) atoms. The minimum atomic E-state index is 0.0195. The van der Waals surface area contributed by atoms with Crippen LogP contribution in [0.5, 0.6) is 0 Å². The molecule has 0 aromatic carbocycles. The van der Waals surface area contributed by atoms with Gasteiger partial charge < -0.3 is 9.88 Å². The highest BCUT2D eigenvalue weighted by Gasteiger charge is 2.27. The lowest BCUT2D eigenvalue weighted by Crippen LogP contribution is -2.31.